The lowest BCUT2D eigenvalue weighted by molar-refractivity contribution is 0.295. The molecule has 0 aliphatic rings. The molecule has 1 aromatic carbocycles. The van der Waals surface area contributed by atoms with Crippen molar-refractivity contribution in [1.29, 1.82) is 0 Å². The summed E-state index contributed by atoms with van der Waals surface area (Å²) in [5.74, 6) is 1.57. The summed E-state index contributed by atoms with van der Waals surface area (Å²) in [5, 5.41) is 0. The van der Waals surface area contributed by atoms with Crippen molar-refractivity contribution in [1.82, 2.24) is 4.98 Å². The average Bonchev–Trinajstić information content (AvgIpc) is 2.46. The molecule has 4 heteroatoms. The van der Waals surface area contributed by atoms with Crippen molar-refractivity contribution in [3.05, 3.63) is 53.9 Å². The zero-order valence-electron chi connectivity index (χ0n) is 11.9. The normalized spacial score (nSPS) is 11.9. The van der Waals surface area contributed by atoms with Crippen LogP contribution in [0.15, 0.2) is 42.6 Å². The van der Waals surface area contributed by atoms with E-state index in [1.165, 1.54) is 0 Å². The fraction of sp³-hybridized carbons (Fsp3) is 0.312. The van der Waals surface area contributed by atoms with Crippen LogP contribution in [0.25, 0.3) is 0 Å². The summed E-state index contributed by atoms with van der Waals surface area (Å²) in [6, 6.07) is 11.8. The Bertz CT molecular complexity index is 538. The number of methoxy groups -OCH3 is 1. The molecule has 0 radical (unpaired) electrons. The molecule has 1 heterocycles. The van der Waals surface area contributed by atoms with Gasteiger partial charge in [-0.15, -0.1) is 0 Å². The van der Waals surface area contributed by atoms with Crippen LogP contribution in [0.2, 0.25) is 0 Å². The monoisotopic (exact) mass is 272 g/mol. The molecule has 2 aromatic rings. The van der Waals surface area contributed by atoms with Gasteiger partial charge in [-0.3, -0.25) is 4.98 Å². The van der Waals surface area contributed by atoms with Crippen molar-refractivity contribution in [2.45, 2.75) is 26.0 Å². The Hall–Kier alpha value is -2.07. The van der Waals surface area contributed by atoms with Crippen LogP contribution in [-0.4, -0.2) is 18.1 Å². The summed E-state index contributed by atoms with van der Waals surface area (Å²) in [7, 11) is 1.66. The number of hydrogen-bond acceptors (Lipinski definition) is 4. The highest BCUT2D eigenvalue weighted by Gasteiger charge is 2.04. The lowest BCUT2D eigenvalue weighted by Gasteiger charge is -2.10. The topological polar surface area (TPSA) is 57.4 Å². The molecule has 1 aromatic heterocycles. The average molecular weight is 272 g/mol. The minimum atomic E-state index is 0.114. The smallest absolute Gasteiger partial charge is 0.138 e. The standard InChI is InChI=1S/C16H20N2O2/c1-12(17)9-14-7-8-15(10-18-14)20-11-13-5-3-4-6-16(13)19-2/h3-8,10,12H,9,11,17H2,1-2H3. The second-order valence-corrected chi connectivity index (χ2v) is 4.77. The molecule has 0 aliphatic carbocycles. The van der Waals surface area contributed by atoms with Crippen molar-refractivity contribution >= 4 is 0 Å². The van der Waals surface area contributed by atoms with Gasteiger partial charge in [0.15, 0.2) is 0 Å². The summed E-state index contributed by atoms with van der Waals surface area (Å²) in [4.78, 5) is 4.34. The van der Waals surface area contributed by atoms with E-state index in [-0.39, 0.29) is 6.04 Å². The van der Waals surface area contributed by atoms with Crippen LogP contribution >= 0.6 is 0 Å². The summed E-state index contributed by atoms with van der Waals surface area (Å²) >= 11 is 0. The second kappa shape index (κ2) is 6.91. The highest BCUT2D eigenvalue weighted by molar-refractivity contribution is 5.33. The molecule has 20 heavy (non-hydrogen) atoms. The van der Waals surface area contributed by atoms with E-state index in [9.17, 15) is 0 Å². The maximum Gasteiger partial charge on any atom is 0.138 e. The Morgan fingerprint density at radius 3 is 2.65 bits per heavy atom. The van der Waals surface area contributed by atoms with Gasteiger partial charge >= 0.3 is 0 Å². The van der Waals surface area contributed by atoms with Gasteiger partial charge in [-0.2, -0.15) is 0 Å². The highest BCUT2D eigenvalue weighted by atomic mass is 16.5. The Morgan fingerprint density at radius 1 is 1.20 bits per heavy atom. The van der Waals surface area contributed by atoms with Crippen molar-refractivity contribution in [3.63, 3.8) is 0 Å². The van der Waals surface area contributed by atoms with Gasteiger partial charge in [-0.05, 0) is 25.1 Å². The summed E-state index contributed by atoms with van der Waals surface area (Å²) in [5.41, 5.74) is 7.73. The molecule has 0 amide bonds. The molecule has 1 unspecified atom stereocenters. The van der Waals surface area contributed by atoms with Gasteiger partial charge in [0.05, 0.1) is 13.3 Å². The summed E-state index contributed by atoms with van der Waals surface area (Å²) < 4.78 is 11.0. The molecule has 0 saturated carbocycles. The van der Waals surface area contributed by atoms with Gasteiger partial charge in [-0.1, -0.05) is 18.2 Å². The van der Waals surface area contributed by atoms with Gasteiger partial charge in [0.1, 0.15) is 18.1 Å². The van der Waals surface area contributed by atoms with E-state index >= 15 is 0 Å². The Morgan fingerprint density at radius 2 is 2.00 bits per heavy atom. The largest absolute Gasteiger partial charge is 0.496 e. The molecule has 106 valence electrons. The Labute approximate surface area is 119 Å². The minimum absolute atomic E-state index is 0.114. The van der Waals surface area contributed by atoms with E-state index in [0.717, 1.165) is 29.2 Å². The maximum atomic E-state index is 5.74. The predicted octanol–water partition coefficient (Wildman–Crippen LogP) is 2.56. The number of ether oxygens (including phenoxy) is 2. The molecule has 0 fully saturated rings. The van der Waals surface area contributed by atoms with Gasteiger partial charge in [0, 0.05) is 23.7 Å². The van der Waals surface area contributed by atoms with Crippen LogP contribution in [-0.2, 0) is 13.0 Å². The molecule has 0 saturated heterocycles. The number of para-hydroxylation sites is 1. The molecule has 2 rings (SSSR count). The van der Waals surface area contributed by atoms with Crippen LogP contribution in [0.3, 0.4) is 0 Å². The second-order valence-electron chi connectivity index (χ2n) is 4.77. The molecular formula is C16H20N2O2. The first-order valence-electron chi connectivity index (χ1n) is 6.64. The zero-order valence-corrected chi connectivity index (χ0v) is 11.9. The number of aromatic nitrogens is 1. The van der Waals surface area contributed by atoms with E-state index in [1.54, 1.807) is 13.3 Å². The van der Waals surface area contributed by atoms with Crippen molar-refractivity contribution in [2.24, 2.45) is 5.73 Å². The number of nitrogens with two attached hydrogens (primary N) is 1. The fourth-order valence-electron chi connectivity index (χ4n) is 1.93. The van der Waals surface area contributed by atoms with Crippen LogP contribution in [0.4, 0.5) is 0 Å². The Balaban J connectivity index is 1.97. The van der Waals surface area contributed by atoms with Crippen molar-refractivity contribution in [2.75, 3.05) is 7.11 Å². The van der Waals surface area contributed by atoms with Crippen LogP contribution in [0.1, 0.15) is 18.2 Å². The zero-order chi connectivity index (χ0) is 14.4. The molecule has 1 atom stereocenters. The van der Waals surface area contributed by atoms with Gasteiger partial charge in [0.2, 0.25) is 0 Å². The maximum absolute atomic E-state index is 5.74. The first-order chi connectivity index (χ1) is 9.69. The van der Waals surface area contributed by atoms with Gasteiger partial charge in [-0.25, -0.2) is 0 Å². The molecule has 0 aliphatic heterocycles. The van der Waals surface area contributed by atoms with Gasteiger partial charge in [0.25, 0.3) is 0 Å². The summed E-state index contributed by atoms with van der Waals surface area (Å²) in [6.45, 7) is 2.42. The molecule has 0 spiro atoms. The lowest BCUT2D eigenvalue weighted by Crippen LogP contribution is -2.18. The number of pyridine rings is 1. The quantitative estimate of drug-likeness (QED) is 0.878. The molecule has 2 N–H and O–H groups in total. The Kier molecular flexibility index (Phi) is 4.96. The van der Waals surface area contributed by atoms with E-state index < -0.39 is 0 Å². The number of benzene rings is 1. The number of hydrogen-bond donors (Lipinski definition) is 1. The first-order valence-corrected chi connectivity index (χ1v) is 6.64. The van der Waals surface area contributed by atoms with E-state index in [2.05, 4.69) is 4.98 Å². The third-order valence-electron chi connectivity index (χ3n) is 2.92. The van der Waals surface area contributed by atoms with Crippen LogP contribution in [0, 0.1) is 0 Å². The minimum Gasteiger partial charge on any atom is -0.496 e. The molecule has 0 bridgehead atoms. The van der Waals surface area contributed by atoms with Crippen LogP contribution < -0.4 is 15.2 Å². The van der Waals surface area contributed by atoms with E-state index in [0.29, 0.717) is 6.61 Å². The molecule has 4 nitrogen and oxygen atoms in total. The first kappa shape index (κ1) is 14.3. The third kappa shape index (κ3) is 3.96. The third-order valence-corrected chi connectivity index (χ3v) is 2.92. The van der Waals surface area contributed by atoms with E-state index in [1.807, 2.05) is 43.3 Å². The highest BCUT2D eigenvalue weighted by Crippen LogP contribution is 2.20. The number of nitrogens with zero attached hydrogens (tertiary/aromatic N) is 1. The van der Waals surface area contributed by atoms with Crippen molar-refractivity contribution in [3.8, 4) is 11.5 Å². The van der Waals surface area contributed by atoms with Crippen LogP contribution in [0.5, 0.6) is 11.5 Å². The molecular weight excluding hydrogens is 252 g/mol. The lowest BCUT2D eigenvalue weighted by atomic mass is 10.2. The van der Waals surface area contributed by atoms with E-state index in [4.69, 9.17) is 15.2 Å². The predicted molar refractivity (Wildman–Crippen MR) is 78.9 cm³/mol. The van der Waals surface area contributed by atoms with Gasteiger partial charge < -0.3 is 15.2 Å². The SMILES string of the molecule is COc1ccccc1COc1ccc(CC(C)N)nc1. The summed E-state index contributed by atoms with van der Waals surface area (Å²) in [6.07, 6.45) is 2.50. The van der Waals surface area contributed by atoms with Crippen molar-refractivity contribution < 1.29 is 9.47 Å². The fourth-order valence-corrected chi connectivity index (χ4v) is 1.93. The number of rotatable bonds is 6.